The van der Waals surface area contributed by atoms with Crippen LogP contribution in [0.2, 0.25) is 0 Å². The fraction of sp³-hybridized carbons (Fsp3) is 0.250. The third-order valence-electron chi connectivity index (χ3n) is 4.15. The average Bonchev–Trinajstić information content (AvgIpc) is 2.93. The van der Waals surface area contributed by atoms with Crippen LogP contribution in [0, 0.1) is 6.92 Å². The molecule has 1 saturated carbocycles. The fourth-order valence-corrected chi connectivity index (χ4v) is 2.70. The molecule has 0 unspecified atom stereocenters. The summed E-state index contributed by atoms with van der Waals surface area (Å²) in [4.78, 5) is 4.58. The van der Waals surface area contributed by atoms with Gasteiger partial charge in [0.1, 0.15) is 5.76 Å². The summed E-state index contributed by atoms with van der Waals surface area (Å²) < 4.78 is 10.8. The normalized spacial score (nSPS) is 16.0. The Morgan fingerprint density at radius 2 is 1.90 bits per heavy atom. The Balaban J connectivity index is 1.73. The van der Waals surface area contributed by atoms with Gasteiger partial charge in [0.2, 0.25) is 11.7 Å². The smallest absolute Gasteiger partial charge is 0.237 e. The van der Waals surface area contributed by atoms with Crippen LogP contribution < -0.4 is 5.73 Å². The molecule has 0 atom stereocenters. The number of anilines is 1. The van der Waals surface area contributed by atoms with E-state index in [4.69, 9.17) is 14.7 Å². The van der Waals surface area contributed by atoms with Crippen molar-refractivity contribution in [3.8, 4) is 11.4 Å². The van der Waals surface area contributed by atoms with E-state index in [-0.39, 0.29) is 5.41 Å². The van der Waals surface area contributed by atoms with Crippen LogP contribution >= 0.6 is 0 Å². The summed E-state index contributed by atoms with van der Waals surface area (Å²) in [5, 5.41) is 4.10. The molecule has 3 aromatic rings. The van der Waals surface area contributed by atoms with E-state index in [9.17, 15) is 0 Å². The van der Waals surface area contributed by atoms with E-state index in [1.54, 1.807) is 6.26 Å². The van der Waals surface area contributed by atoms with E-state index >= 15 is 0 Å². The molecule has 1 aliphatic rings. The highest BCUT2D eigenvalue weighted by Gasteiger charge is 2.51. The molecule has 1 aromatic carbocycles. The van der Waals surface area contributed by atoms with Gasteiger partial charge >= 0.3 is 0 Å². The Morgan fingerprint density at radius 1 is 1.14 bits per heavy atom. The zero-order valence-electron chi connectivity index (χ0n) is 11.7. The van der Waals surface area contributed by atoms with Crippen LogP contribution in [0.1, 0.15) is 30.1 Å². The Morgan fingerprint density at radius 3 is 2.52 bits per heavy atom. The lowest BCUT2D eigenvalue weighted by Gasteiger charge is -2.10. The summed E-state index contributed by atoms with van der Waals surface area (Å²) in [6, 6.07) is 9.75. The second-order valence-corrected chi connectivity index (χ2v) is 5.52. The number of hydrogen-bond donors (Lipinski definition) is 1. The lowest BCUT2D eigenvalue weighted by Crippen LogP contribution is -2.09. The Labute approximate surface area is 121 Å². The lowest BCUT2D eigenvalue weighted by atomic mass is 9.95. The van der Waals surface area contributed by atoms with Crippen molar-refractivity contribution in [3.63, 3.8) is 0 Å². The Bertz CT molecular complexity index is 782. The maximum absolute atomic E-state index is 5.75. The summed E-state index contributed by atoms with van der Waals surface area (Å²) in [5.74, 6) is 2.04. The van der Waals surface area contributed by atoms with Crippen molar-refractivity contribution in [1.82, 2.24) is 10.1 Å². The summed E-state index contributed by atoms with van der Waals surface area (Å²) in [6.07, 6.45) is 3.67. The minimum absolute atomic E-state index is 0.142. The quantitative estimate of drug-likeness (QED) is 0.745. The van der Waals surface area contributed by atoms with Crippen molar-refractivity contribution >= 4 is 5.69 Å². The molecule has 0 aliphatic heterocycles. The van der Waals surface area contributed by atoms with Crippen LogP contribution in [0.3, 0.4) is 0 Å². The van der Waals surface area contributed by atoms with Gasteiger partial charge in [-0.05, 0) is 43.5 Å². The third kappa shape index (κ3) is 1.85. The van der Waals surface area contributed by atoms with Gasteiger partial charge in [-0.25, -0.2) is 0 Å². The number of furan rings is 1. The van der Waals surface area contributed by atoms with E-state index in [1.165, 1.54) is 5.56 Å². The Hall–Kier alpha value is -2.56. The molecule has 5 nitrogen and oxygen atoms in total. The van der Waals surface area contributed by atoms with E-state index in [0.29, 0.717) is 11.7 Å². The summed E-state index contributed by atoms with van der Waals surface area (Å²) in [6.45, 7) is 1.89. The van der Waals surface area contributed by atoms with Crippen molar-refractivity contribution in [2.24, 2.45) is 0 Å². The first kappa shape index (κ1) is 12.2. The molecule has 5 heteroatoms. The maximum Gasteiger partial charge on any atom is 0.237 e. The van der Waals surface area contributed by atoms with Gasteiger partial charge in [-0.15, -0.1) is 0 Å². The van der Waals surface area contributed by atoms with Crippen LogP contribution in [0.5, 0.6) is 0 Å². The molecule has 0 amide bonds. The van der Waals surface area contributed by atoms with Crippen LogP contribution in [0.4, 0.5) is 5.69 Å². The van der Waals surface area contributed by atoms with Crippen LogP contribution in [0.15, 0.2) is 45.5 Å². The van der Waals surface area contributed by atoms with Gasteiger partial charge in [0.05, 0.1) is 17.2 Å². The summed E-state index contributed by atoms with van der Waals surface area (Å²) in [5.41, 5.74) is 8.42. The zero-order valence-corrected chi connectivity index (χ0v) is 11.7. The highest BCUT2D eigenvalue weighted by atomic mass is 16.5. The van der Waals surface area contributed by atoms with E-state index in [0.717, 1.165) is 29.9 Å². The molecule has 2 N–H and O–H groups in total. The topological polar surface area (TPSA) is 78.1 Å². The number of aryl methyl sites for hydroxylation is 1. The lowest BCUT2D eigenvalue weighted by molar-refractivity contribution is 0.360. The van der Waals surface area contributed by atoms with E-state index in [1.807, 2.05) is 37.3 Å². The van der Waals surface area contributed by atoms with Crippen molar-refractivity contribution < 1.29 is 8.94 Å². The number of hydrogen-bond acceptors (Lipinski definition) is 5. The molecule has 0 radical (unpaired) electrons. The minimum atomic E-state index is -0.142. The zero-order chi connectivity index (χ0) is 14.4. The first-order valence-electron chi connectivity index (χ1n) is 6.94. The van der Waals surface area contributed by atoms with Crippen LogP contribution in [-0.2, 0) is 5.41 Å². The van der Waals surface area contributed by atoms with Crippen molar-refractivity contribution in [2.45, 2.75) is 25.2 Å². The monoisotopic (exact) mass is 281 g/mol. The molecular formula is C16H15N3O2. The van der Waals surface area contributed by atoms with Gasteiger partial charge in [-0.3, -0.25) is 0 Å². The number of benzene rings is 1. The highest BCUT2D eigenvalue weighted by Crippen LogP contribution is 2.53. The molecular weight excluding hydrogens is 266 g/mol. The van der Waals surface area contributed by atoms with Crippen molar-refractivity contribution in [1.29, 1.82) is 0 Å². The number of nitrogens with two attached hydrogens (primary N) is 1. The Kier molecular flexibility index (Phi) is 2.45. The number of nitrogen functional groups attached to an aromatic ring is 1. The molecule has 106 valence electrons. The van der Waals surface area contributed by atoms with Gasteiger partial charge in [0, 0.05) is 5.69 Å². The van der Waals surface area contributed by atoms with Gasteiger partial charge in [-0.2, -0.15) is 4.98 Å². The molecule has 2 aromatic heterocycles. The molecule has 21 heavy (non-hydrogen) atoms. The molecule has 1 fully saturated rings. The SMILES string of the molecule is Cc1occc1-c1noc(C2(c3ccc(N)cc3)CC2)n1. The van der Waals surface area contributed by atoms with Gasteiger partial charge in [-0.1, -0.05) is 17.3 Å². The summed E-state index contributed by atoms with van der Waals surface area (Å²) in [7, 11) is 0. The third-order valence-corrected chi connectivity index (χ3v) is 4.15. The highest BCUT2D eigenvalue weighted by molar-refractivity contribution is 5.57. The van der Waals surface area contributed by atoms with Crippen LogP contribution in [0.25, 0.3) is 11.4 Å². The second-order valence-electron chi connectivity index (χ2n) is 5.52. The van der Waals surface area contributed by atoms with E-state index in [2.05, 4.69) is 10.1 Å². The predicted molar refractivity (Wildman–Crippen MR) is 77.6 cm³/mol. The molecule has 0 bridgehead atoms. The number of aromatic nitrogens is 2. The fourth-order valence-electron chi connectivity index (χ4n) is 2.70. The maximum atomic E-state index is 5.75. The molecule has 2 heterocycles. The molecule has 0 spiro atoms. The predicted octanol–water partition coefficient (Wildman–Crippen LogP) is 3.30. The van der Waals surface area contributed by atoms with E-state index < -0.39 is 0 Å². The van der Waals surface area contributed by atoms with Crippen molar-refractivity contribution in [3.05, 3.63) is 53.8 Å². The molecule has 4 rings (SSSR count). The van der Waals surface area contributed by atoms with Gasteiger partial charge in [0.15, 0.2) is 0 Å². The van der Waals surface area contributed by atoms with Gasteiger partial charge in [0.25, 0.3) is 0 Å². The second kappa shape index (κ2) is 4.22. The first-order chi connectivity index (χ1) is 10.2. The average molecular weight is 281 g/mol. The van der Waals surface area contributed by atoms with Crippen LogP contribution in [-0.4, -0.2) is 10.1 Å². The largest absolute Gasteiger partial charge is 0.469 e. The first-order valence-corrected chi connectivity index (χ1v) is 6.94. The summed E-state index contributed by atoms with van der Waals surface area (Å²) >= 11 is 0. The number of nitrogens with zero attached hydrogens (tertiary/aromatic N) is 2. The minimum Gasteiger partial charge on any atom is -0.469 e. The van der Waals surface area contributed by atoms with Crippen molar-refractivity contribution in [2.75, 3.05) is 5.73 Å². The molecule has 0 saturated heterocycles. The van der Waals surface area contributed by atoms with Gasteiger partial charge < -0.3 is 14.7 Å². The standard InChI is InChI=1S/C16H15N3O2/c1-10-13(6-9-20-10)14-18-15(21-19-14)16(7-8-16)11-2-4-12(17)5-3-11/h2-6,9H,7-8,17H2,1H3. The molecule has 1 aliphatic carbocycles. The number of rotatable bonds is 3.